The first-order chi connectivity index (χ1) is 17.2. The van der Waals surface area contributed by atoms with Crippen LogP contribution in [0.4, 0.5) is 5.69 Å². The third-order valence-corrected chi connectivity index (χ3v) is 8.46. The Hall–Kier alpha value is -2.86. The third kappa shape index (κ3) is 5.53. The lowest BCUT2D eigenvalue weighted by atomic mass is 9.64. The summed E-state index contributed by atoms with van der Waals surface area (Å²) in [6, 6.07) is 15.3. The first-order valence-corrected chi connectivity index (χ1v) is 13.4. The van der Waals surface area contributed by atoms with E-state index in [9.17, 15) is 4.79 Å². The lowest BCUT2D eigenvalue weighted by Crippen LogP contribution is -2.51. The van der Waals surface area contributed by atoms with E-state index in [4.69, 9.17) is 0 Å². The molecule has 6 nitrogen and oxygen atoms in total. The molecule has 186 valence electrons. The molecule has 4 fully saturated rings. The molecule has 2 bridgehead atoms. The van der Waals surface area contributed by atoms with Gasteiger partial charge in [-0.1, -0.05) is 25.0 Å². The van der Waals surface area contributed by atoms with E-state index in [2.05, 4.69) is 68.4 Å². The zero-order valence-electron chi connectivity index (χ0n) is 20.9. The smallest absolute Gasteiger partial charge is 0.207 e. The number of H-pyrrole nitrogens is 1. The molecule has 3 saturated carbocycles. The number of nitrogens with one attached hydrogen (secondary N) is 2. The van der Waals surface area contributed by atoms with Crippen molar-refractivity contribution in [3.05, 3.63) is 60.6 Å². The van der Waals surface area contributed by atoms with Crippen molar-refractivity contribution in [1.29, 1.82) is 0 Å². The fraction of sp³-hybridized carbons (Fsp3) is 0.517. The summed E-state index contributed by atoms with van der Waals surface area (Å²) in [6.07, 6.45) is 12.0. The van der Waals surface area contributed by atoms with Crippen LogP contribution in [0.5, 0.6) is 0 Å². The Morgan fingerprint density at radius 1 is 1.06 bits per heavy atom. The van der Waals surface area contributed by atoms with Crippen LogP contribution in [0.25, 0.3) is 10.9 Å². The van der Waals surface area contributed by atoms with Gasteiger partial charge in [-0.2, -0.15) is 0 Å². The molecule has 3 heterocycles. The van der Waals surface area contributed by atoms with Crippen molar-refractivity contribution < 1.29 is 4.79 Å². The largest absolute Gasteiger partial charge is 0.368 e. The average Bonchev–Trinajstić information content (AvgIpc) is 3.43. The number of nitrogens with zero attached hydrogens (tertiary/aromatic N) is 3. The lowest BCUT2D eigenvalue weighted by Gasteiger charge is -2.42. The summed E-state index contributed by atoms with van der Waals surface area (Å²) in [6.45, 7) is 6.99. The van der Waals surface area contributed by atoms with Crippen molar-refractivity contribution in [2.24, 2.45) is 11.8 Å². The molecule has 0 radical (unpaired) electrons. The number of piperazine rings is 1. The van der Waals surface area contributed by atoms with Gasteiger partial charge in [0, 0.05) is 79.4 Å². The van der Waals surface area contributed by atoms with Crippen molar-refractivity contribution in [1.82, 2.24) is 20.2 Å². The number of anilines is 1. The summed E-state index contributed by atoms with van der Waals surface area (Å²) in [5.74, 6) is 2.73. The van der Waals surface area contributed by atoms with Gasteiger partial charge in [-0.15, -0.1) is 0 Å². The zero-order chi connectivity index (χ0) is 24.0. The number of fused-ring (bicyclic) bond motifs is 4. The molecule has 1 aliphatic heterocycles. The van der Waals surface area contributed by atoms with Gasteiger partial charge < -0.3 is 15.2 Å². The molecular formula is C29H39N5O. The van der Waals surface area contributed by atoms with E-state index in [0.717, 1.165) is 56.9 Å². The lowest BCUT2D eigenvalue weighted by molar-refractivity contribution is -0.109. The number of hydrogen-bond acceptors (Lipinski definition) is 4. The maximum absolute atomic E-state index is 10.4. The predicted molar refractivity (Wildman–Crippen MR) is 143 cm³/mol. The van der Waals surface area contributed by atoms with Crippen LogP contribution >= 0.6 is 0 Å². The van der Waals surface area contributed by atoms with E-state index in [0.29, 0.717) is 6.04 Å². The van der Waals surface area contributed by atoms with Crippen LogP contribution in [-0.4, -0.2) is 60.0 Å². The molecule has 1 aromatic carbocycles. The Balaban J connectivity index is 0.000000156. The second-order valence-electron chi connectivity index (χ2n) is 10.5. The van der Waals surface area contributed by atoms with Crippen molar-refractivity contribution in [3.63, 3.8) is 0 Å². The van der Waals surface area contributed by atoms with Crippen LogP contribution < -0.4 is 10.2 Å². The molecule has 2 N–H and O–H groups in total. The van der Waals surface area contributed by atoms with Crippen LogP contribution in [-0.2, 0) is 4.79 Å². The quantitative estimate of drug-likeness (QED) is 0.505. The summed E-state index contributed by atoms with van der Waals surface area (Å²) in [4.78, 5) is 23.1. The predicted octanol–water partition coefficient (Wildman–Crippen LogP) is 4.80. The number of hydrogen-bond donors (Lipinski definition) is 2. The molecule has 0 spiro atoms. The highest BCUT2D eigenvalue weighted by atomic mass is 16.1. The molecule has 2 aromatic heterocycles. The summed E-state index contributed by atoms with van der Waals surface area (Å²) in [7, 11) is 0. The number of aromatic nitrogens is 2. The second-order valence-corrected chi connectivity index (χ2v) is 10.5. The van der Waals surface area contributed by atoms with Crippen LogP contribution in [0, 0.1) is 11.8 Å². The maximum Gasteiger partial charge on any atom is 0.207 e. The van der Waals surface area contributed by atoms with E-state index in [1.54, 1.807) is 0 Å². The summed E-state index contributed by atoms with van der Waals surface area (Å²) >= 11 is 0. The van der Waals surface area contributed by atoms with Gasteiger partial charge in [0.05, 0.1) is 0 Å². The molecule has 3 aliphatic carbocycles. The first kappa shape index (κ1) is 23.9. The van der Waals surface area contributed by atoms with Gasteiger partial charge in [-0.3, -0.25) is 14.7 Å². The third-order valence-electron chi connectivity index (χ3n) is 8.46. The van der Waals surface area contributed by atoms with Crippen LogP contribution in [0.3, 0.4) is 0 Å². The topological polar surface area (TPSA) is 64.3 Å². The number of rotatable bonds is 6. The first-order valence-electron chi connectivity index (χ1n) is 13.4. The van der Waals surface area contributed by atoms with Crippen molar-refractivity contribution in [3.8, 4) is 0 Å². The second kappa shape index (κ2) is 11.3. The van der Waals surface area contributed by atoms with E-state index in [1.165, 1.54) is 54.4 Å². The zero-order valence-corrected chi connectivity index (χ0v) is 20.9. The van der Waals surface area contributed by atoms with Crippen molar-refractivity contribution in [2.75, 3.05) is 37.6 Å². The number of carbonyl (C=O) groups excluding carboxylic acids is 1. The van der Waals surface area contributed by atoms with Gasteiger partial charge in [-0.25, -0.2) is 0 Å². The Morgan fingerprint density at radius 3 is 2.57 bits per heavy atom. The Kier molecular flexibility index (Phi) is 7.67. The minimum atomic E-state index is 0.389. The maximum atomic E-state index is 10.4. The summed E-state index contributed by atoms with van der Waals surface area (Å²) < 4.78 is 0. The normalized spacial score (nSPS) is 25.1. The van der Waals surface area contributed by atoms with E-state index in [-0.39, 0.29) is 0 Å². The molecule has 1 amide bonds. The molecule has 3 aromatic rings. The Labute approximate surface area is 209 Å². The molecule has 4 aliphatic rings. The number of amides is 1. The minimum Gasteiger partial charge on any atom is -0.368 e. The van der Waals surface area contributed by atoms with Crippen molar-refractivity contribution >= 4 is 23.0 Å². The number of pyridine rings is 1. The van der Waals surface area contributed by atoms with Crippen LogP contribution in [0.1, 0.15) is 50.6 Å². The van der Waals surface area contributed by atoms with E-state index >= 15 is 0 Å². The van der Waals surface area contributed by atoms with E-state index in [1.807, 2.05) is 18.5 Å². The Morgan fingerprint density at radius 2 is 1.89 bits per heavy atom. The molecule has 1 unspecified atom stereocenters. The Bertz CT molecular complexity index is 1070. The molecular weight excluding hydrogens is 434 g/mol. The monoisotopic (exact) mass is 473 g/mol. The fourth-order valence-electron chi connectivity index (χ4n) is 6.43. The standard InChI is InChI=1S/C16H22N4O.C13H17N/c1-13(11-17-12-21)19-7-9-20(10-8-19)16-4-2-3-15-14(16)5-6-18-15;1-2-8-14-13(3-1)12-9-10-4-6-11(12)7-5-10/h2-6,12-13,18H,7-11H2,1H3,(H,17,21);1-3,8,10-12H,4-7,9H2/t13-;/m1./s1. The summed E-state index contributed by atoms with van der Waals surface area (Å²) in [5, 5.41) is 4.06. The fourth-order valence-corrected chi connectivity index (χ4v) is 6.43. The highest BCUT2D eigenvalue weighted by Gasteiger charge is 2.36. The highest BCUT2D eigenvalue weighted by molar-refractivity contribution is 5.92. The van der Waals surface area contributed by atoms with Gasteiger partial charge in [0.2, 0.25) is 6.41 Å². The van der Waals surface area contributed by atoms with Crippen molar-refractivity contribution in [2.45, 2.75) is 51.0 Å². The number of aromatic amines is 1. The molecule has 2 atom stereocenters. The molecule has 1 saturated heterocycles. The number of carbonyl (C=O) groups is 1. The molecule has 35 heavy (non-hydrogen) atoms. The SMILES string of the molecule is C[C@H](CNC=O)N1CCN(c2cccc3[nH]ccc23)CC1.c1ccc(C2CC3CCC2CC3)nc1. The highest BCUT2D eigenvalue weighted by Crippen LogP contribution is 2.48. The summed E-state index contributed by atoms with van der Waals surface area (Å²) in [5.41, 5.74) is 3.85. The van der Waals surface area contributed by atoms with Crippen LogP contribution in [0.2, 0.25) is 0 Å². The molecule has 7 rings (SSSR count). The minimum absolute atomic E-state index is 0.389. The number of benzene rings is 1. The van der Waals surface area contributed by atoms with Gasteiger partial charge in [-0.05, 0) is 68.4 Å². The van der Waals surface area contributed by atoms with E-state index < -0.39 is 0 Å². The van der Waals surface area contributed by atoms with Crippen LogP contribution in [0.15, 0.2) is 54.9 Å². The van der Waals surface area contributed by atoms with Gasteiger partial charge >= 0.3 is 0 Å². The molecule has 6 heteroatoms. The van der Waals surface area contributed by atoms with Gasteiger partial charge in [0.15, 0.2) is 0 Å². The van der Waals surface area contributed by atoms with Gasteiger partial charge in [0.1, 0.15) is 0 Å². The average molecular weight is 474 g/mol. The van der Waals surface area contributed by atoms with Gasteiger partial charge in [0.25, 0.3) is 0 Å².